The van der Waals surface area contributed by atoms with Crippen LogP contribution in [0.1, 0.15) is 17.4 Å². The van der Waals surface area contributed by atoms with Gasteiger partial charge in [-0.1, -0.05) is 42.0 Å². The van der Waals surface area contributed by atoms with Crippen molar-refractivity contribution in [2.45, 2.75) is 6.92 Å². The Hall–Kier alpha value is -1.60. The van der Waals surface area contributed by atoms with E-state index >= 15 is 0 Å². The second-order valence-electron chi connectivity index (χ2n) is 3.98. The highest BCUT2D eigenvalue weighted by Crippen LogP contribution is 2.34. The van der Waals surface area contributed by atoms with Crippen molar-refractivity contribution in [2.24, 2.45) is 0 Å². The molecule has 0 aliphatic heterocycles. The number of fused-ring (bicyclic) bond motifs is 3. The number of benzene rings is 1. The maximum atomic E-state index is 2.27. The van der Waals surface area contributed by atoms with E-state index in [1.165, 1.54) is 26.1 Å². The average molecular weight is 224 g/mol. The van der Waals surface area contributed by atoms with Gasteiger partial charge in [-0.3, -0.25) is 0 Å². The van der Waals surface area contributed by atoms with Crippen LogP contribution >= 0.6 is 11.3 Å². The third-order valence-electron chi connectivity index (χ3n) is 2.75. The fourth-order valence-electron chi connectivity index (χ4n) is 1.98. The Morgan fingerprint density at radius 1 is 1.00 bits per heavy atom. The van der Waals surface area contributed by atoms with E-state index in [0.717, 1.165) is 0 Å². The van der Waals surface area contributed by atoms with Crippen LogP contribution < -0.4 is 0 Å². The lowest BCUT2D eigenvalue weighted by molar-refractivity contribution is 1.55. The first-order chi connectivity index (χ1) is 7.84. The molecule has 1 aromatic heterocycles. The predicted molar refractivity (Wildman–Crippen MR) is 73.7 cm³/mol. The molecule has 0 saturated heterocycles. The second kappa shape index (κ2) is 3.76. The molecule has 1 heteroatoms. The van der Waals surface area contributed by atoms with E-state index in [1.54, 1.807) is 0 Å². The topological polar surface area (TPSA) is 0 Å². The number of hydrogen-bond acceptors (Lipinski definition) is 1. The number of thiophene rings is 1. The molecule has 0 unspecified atom stereocenters. The van der Waals surface area contributed by atoms with E-state index < -0.39 is 0 Å². The predicted octanol–water partition coefficient (Wildman–Crippen LogP) is 4.89. The summed E-state index contributed by atoms with van der Waals surface area (Å²) in [6.45, 7) is 2.14. The molecular formula is C15H12S. The van der Waals surface area contributed by atoms with Crippen molar-refractivity contribution >= 4 is 33.6 Å². The van der Waals surface area contributed by atoms with E-state index in [-0.39, 0.29) is 0 Å². The molecule has 16 heavy (non-hydrogen) atoms. The minimum Gasteiger partial charge on any atom is -0.135 e. The molecule has 0 fully saturated rings. The lowest BCUT2D eigenvalue weighted by Crippen LogP contribution is -1.77. The molecule has 1 aromatic carbocycles. The van der Waals surface area contributed by atoms with Crippen LogP contribution in [0.15, 0.2) is 48.1 Å². The number of rotatable bonds is 0. The summed E-state index contributed by atoms with van der Waals surface area (Å²) in [6.07, 6.45) is 10.8. The average Bonchev–Trinajstić information content (AvgIpc) is 2.60. The number of allylic oxidation sites excluding steroid dienone is 4. The minimum absolute atomic E-state index is 1.30. The summed E-state index contributed by atoms with van der Waals surface area (Å²) in [5, 5.41) is 1.36. The van der Waals surface area contributed by atoms with Crippen molar-refractivity contribution in [3.8, 4) is 0 Å². The van der Waals surface area contributed by atoms with Crippen LogP contribution in [0.4, 0.5) is 0 Å². The summed E-state index contributed by atoms with van der Waals surface area (Å²) in [5.41, 5.74) is 2.66. The molecule has 2 aromatic rings. The second-order valence-corrected chi connectivity index (χ2v) is 5.07. The SMILES string of the molecule is CC1=Cc2c(sc3ccccc23)/C=C\C=C1. The summed E-state index contributed by atoms with van der Waals surface area (Å²) in [6, 6.07) is 8.60. The largest absolute Gasteiger partial charge is 0.135 e. The van der Waals surface area contributed by atoms with E-state index in [0.29, 0.717) is 0 Å². The van der Waals surface area contributed by atoms with E-state index in [2.05, 4.69) is 61.6 Å². The van der Waals surface area contributed by atoms with Crippen LogP contribution in [0.3, 0.4) is 0 Å². The standard InChI is InChI=1S/C15H12S/c1-11-6-2-4-9-15-13(10-11)12-7-3-5-8-14(12)16-15/h2-10H,1H3/b4-2?,6-2?,9-4-,11-6?,11-10?,13-10?,15-9?. The molecule has 0 amide bonds. The molecule has 0 spiro atoms. The van der Waals surface area contributed by atoms with Crippen molar-refractivity contribution in [2.75, 3.05) is 0 Å². The summed E-state index contributed by atoms with van der Waals surface area (Å²) in [4.78, 5) is 1.35. The maximum absolute atomic E-state index is 2.27. The van der Waals surface area contributed by atoms with Gasteiger partial charge >= 0.3 is 0 Å². The Morgan fingerprint density at radius 3 is 2.75 bits per heavy atom. The number of hydrogen-bond donors (Lipinski definition) is 0. The van der Waals surface area contributed by atoms with Gasteiger partial charge in [-0.05, 0) is 25.1 Å². The van der Waals surface area contributed by atoms with Crippen molar-refractivity contribution in [3.05, 3.63) is 58.5 Å². The first-order valence-electron chi connectivity index (χ1n) is 5.39. The molecule has 1 heterocycles. The third-order valence-corrected chi connectivity index (χ3v) is 3.90. The molecule has 1 aliphatic carbocycles. The molecule has 0 radical (unpaired) electrons. The minimum atomic E-state index is 1.30. The van der Waals surface area contributed by atoms with E-state index in [9.17, 15) is 0 Å². The summed E-state index contributed by atoms with van der Waals surface area (Å²) in [7, 11) is 0. The van der Waals surface area contributed by atoms with E-state index in [1.807, 2.05) is 11.3 Å². The third kappa shape index (κ3) is 1.54. The quantitative estimate of drug-likeness (QED) is 0.598. The molecule has 0 atom stereocenters. The van der Waals surface area contributed by atoms with Gasteiger partial charge in [0.05, 0.1) is 0 Å². The Kier molecular flexibility index (Phi) is 2.26. The van der Waals surface area contributed by atoms with Gasteiger partial charge in [-0.25, -0.2) is 0 Å². The van der Waals surface area contributed by atoms with Gasteiger partial charge < -0.3 is 0 Å². The zero-order valence-electron chi connectivity index (χ0n) is 9.10. The molecule has 1 aliphatic rings. The van der Waals surface area contributed by atoms with Crippen molar-refractivity contribution in [3.63, 3.8) is 0 Å². The van der Waals surface area contributed by atoms with Crippen LogP contribution in [0, 0.1) is 0 Å². The Balaban J connectivity index is 2.37. The van der Waals surface area contributed by atoms with Gasteiger partial charge in [0.1, 0.15) is 0 Å². The lowest BCUT2D eigenvalue weighted by atomic mass is 10.1. The van der Waals surface area contributed by atoms with E-state index in [4.69, 9.17) is 0 Å². The van der Waals surface area contributed by atoms with Crippen molar-refractivity contribution in [1.29, 1.82) is 0 Å². The first-order valence-corrected chi connectivity index (χ1v) is 6.21. The lowest BCUT2D eigenvalue weighted by Gasteiger charge is -1.99. The molecule has 0 bridgehead atoms. The summed E-state index contributed by atoms with van der Waals surface area (Å²) in [5.74, 6) is 0. The van der Waals surface area contributed by atoms with Crippen LogP contribution in [-0.2, 0) is 0 Å². The van der Waals surface area contributed by atoms with Crippen molar-refractivity contribution < 1.29 is 0 Å². The summed E-state index contributed by atoms with van der Waals surface area (Å²) >= 11 is 1.86. The zero-order chi connectivity index (χ0) is 11.0. The van der Waals surface area contributed by atoms with Gasteiger partial charge in [0.15, 0.2) is 0 Å². The highest BCUT2D eigenvalue weighted by Gasteiger charge is 2.07. The van der Waals surface area contributed by atoms with Crippen molar-refractivity contribution in [1.82, 2.24) is 0 Å². The monoisotopic (exact) mass is 224 g/mol. The van der Waals surface area contributed by atoms with Gasteiger partial charge in [-0.2, -0.15) is 0 Å². The van der Waals surface area contributed by atoms with Crippen LogP contribution in [-0.4, -0.2) is 0 Å². The first kappa shape index (κ1) is 9.61. The molecule has 78 valence electrons. The zero-order valence-corrected chi connectivity index (χ0v) is 9.92. The van der Waals surface area contributed by atoms with Gasteiger partial charge in [-0.15, -0.1) is 11.3 Å². The van der Waals surface area contributed by atoms with Gasteiger partial charge in [0, 0.05) is 20.5 Å². The molecule has 0 nitrogen and oxygen atoms in total. The maximum Gasteiger partial charge on any atom is 0.0355 e. The highest BCUT2D eigenvalue weighted by molar-refractivity contribution is 7.20. The smallest absolute Gasteiger partial charge is 0.0355 e. The Labute approximate surface area is 99.2 Å². The fourth-order valence-corrected chi connectivity index (χ4v) is 3.08. The van der Waals surface area contributed by atoms with Gasteiger partial charge in [0.25, 0.3) is 0 Å². The highest BCUT2D eigenvalue weighted by atomic mass is 32.1. The molecule has 0 saturated carbocycles. The molecular weight excluding hydrogens is 212 g/mol. The summed E-state index contributed by atoms with van der Waals surface area (Å²) < 4.78 is 1.36. The Bertz CT molecular complexity index is 624. The fraction of sp³-hybridized carbons (Fsp3) is 0.0667. The van der Waals surface area contributed by atoms with Crippen LogP contribution in [0.5, 0.6) is 0 Å². The van der Waals surface area contributed by atoms with Gasteiger partial charge in [0.2, 0.25) is 0 Å². The Morgan fingerprint density at radius 2 is 1.81 bits per heavy atom. The molecule has 0 N–H and O–H groups in total. The normalized spacial score (nSPS) is 16.4. The molecule has 3 rings (SSSR count). The van der Waals surface area contributed by atoms with Crippen LogP contribution in [0.25, 0.3) is 22.2 Å². The van der Waals surface area contributed by atoms with Crippen LogP contribution in [0.2, 0.25) is 0 Å².